The minimum atomic E-state index is -0.826. The van der Waals surface area contributed by atoms with Gasteiger partial charge in [-0.2, -0.15) is 0 Å². The van der Waals surface area contributed by atoms with Crippen LogP contribution in [0.3, 0.4) is 0 Å². The Balaban J connectivity index is 0.681. The van der Waals surface area contributed by atoms with Gasteiger partial charge < -0.3 is 33.9 Å². The van der Waals surface area contributed by atoms with Crippen LogP contribution in [0.4, 0.5) is 5.69 Å². The van der Waals surface area contributed by atoms with Crippen molar-refractivity contribution in [3.63, 3.8) is 0 Å². The van der Waals surface area contributed by atoms with Crippen molar-refractivity contribution in [2.24, 2.45) is 7.05 Å². The van der Waals surface area contributed by atoms with E-state index in [0.29, 0.717) is 48.0 Å². The summed E-state index contributed by atoms with van der Waals surface area (Å²) in [5, 5.41) is 5.14. The molecule has 4 aliphatic rings. The molecule has 7 heterocycles. The minimum Gasteiger partial charge on any atom is -0.475 e. The first-order valence-electron chi connectivity index (χ1n) is 21.5. The van der Waals surface area contributed by atoms with Crippen molar-refractivity contribution in [2.75, 3.05) is 18.0 Å². The van der Waals surface area contributed by atoms with Gasteiger partial charge in [-0.3, -0.25) is 14.6 Å². The topological polar surface area (TPSA) is 124 Å². The van der Waals surface area contributed by atoms with Crippen LogP contribution in [0.5, 0.6) is 11.6 Å². The molecule has 62 heavy (non-hydrogen) atoms. The van der Waals surface area contributed by atoms with E-state index in [-0.39, 0.29) is 30.1 Å². The lowest BCUT2D eigenvalue weighted by Gasteiger charge is -2.40. The number of piperidine rings is 2. The molecule has 10 rings (SSSR count). The second-order valence-electron chi connectivity index (χ2n) is 17.4. The van der Waals surface area contributed by atoms with E-state index in [0.717, 1.165) is 66.5 Å². The highest BCUT2D eigenvalue weighted by Crippen LogP contribution is 2.35. The first-order valence-corrected chi connectivity index (χ1v) is 21.5. The average Bonchev–Trinajstić information content (AvgIpc) is 3.74. The fourth-order valence-corrected chi connectivity index (χ4v) is 9.19. The molecule has 4 aromatic heterocycles. The van der Waals surface area contributed by atoms with Crippen molar-refractivity contribution in [1.82, 2.24) is 29.7 Å². The number of fused-ring (bicyclic) bond motifs is 4. The van der Waals surface area contributed by atoms with Crippen LogP contribution >= 0.6 is 0 Å². The molecule has 1 aliphatic carbocycles. The number of aryl methyl sites for hydroxylation is 1. The van der Waals surface area contributed by atoms with E-state index < -0.39 is 11.6 Å². The summed E-state index contributed by atoms with van der Waals surface area (Å²) < 4.78 is 21.3. The Morgan fingerprint density at radius 1 is 0.839 bits per heavy atom. The van der Waals surface area contributed by atoms with Gasteiger partial charge in [-0.25, -0.2) is 9.97 Å². The first-order chi connectivity index (χ1) is 30.0. The number of allylic oxidation sites excluding steroid dienone is 1. The first kappa shape index (κ1) is 39.4. The van der Waals surface area contributed by atoms with Gasteiger partial charge in [-0.15, -0.1) is 0 Å². The van der Waals surface area contributed by atoms with E-state index >= 15 is 0 Å². The molecule has 12 heteroatoms. The second kappa shape index (κ2) is 16.0. The molecular formula is C50H49N7O5. The van der Waals surface area contributed by atoms with Gasteiger partial charge in [-0.05, 0) is 111 Å². The number of pyridine rings is 3. The number of carbonyl (C=O) groups excluding carboxylic acids is 2. The van der Waals surface area contributed by atoms with Crippen molar-refractivity contribution in [2.45, 2.75) is 88.9 Å². The van der Waals surface area contributed by atoms with Crippen LogP contribution in [-0.2, 0) is 23.1 Å². The molecule has 1 saturated carbocycles. The maximum atomic E-state index is 13.2. The Labute approximate surface area is 360 Å². The molecular weight excluding hydrogens is 779 g/mol. The number of nitrogens with zero attached hydrogens (tertiary/aromatic N) is 6. The highest BCUT2D eigenvalue weighted by Gasteiger charge is 2.39. The molecule has 1 N–H and O–H groups in total. The van der Waals surface area contributed by atoms with Crippen molar-refractivity contribution in [3.05, 3.63) is 121 Å². The Kier molecular flexibility index (Phi) is 10.1. The van der Waals surface area contributed by atoms with E-state index in [1.165, 1.54) is 16.4 Å². The third kappa shape index (κ3) is 7.84. The Morgan fingerprint density at radius 3 is 2.48 bits per heavy atom. The van der Waals surface area contributed by atoms with Crippen LogP contribution in [0.15, 0.2) is 104 Å². The van der Waals surface area contributed by atoms with Gasteiger partial charge in [0.15, 0.2) is 5.60 Å². The van der Waals surface area contributed by atoms with Gasteiger partial charge in [0.05, 0.1) is 17.7 Å². The number of carbonyl (C=O) groups is 2. The predicted octanol–water partition coefficient (Wildman–Crippen LogP) is 7.74. The lowest BCUT2D eigenvalue weighted by atomic mass is 9.91. The molecule has 1 unspecified atom stereocenters. The molecule has 2 saturated heterocycles. The Hall–Kier alpha value is -6.71. The van der Waals surface area contributed by atoms with Gasteiger partial charge >= 0.3 is 0 Å². The van der Waals surface area contributed by atoms with E-state index in [2.05, 4.69) is 85.5 Å². The van der Waals surface area contributed by atoms with Crippen LogP contribution in [0.2, 0.25) is 0 Å². The molecule has 12 nitrogen and oxygen atoms in total. The van der Waals surface area contributed by atoms with Gasteiger partial charge in [0.1, 0.15) is 23.6 Å². The number of benzene rings is 2. The third-order valence-corrected chi connectivity index (χ3v) is 12.6. The molecule has 0 spiro atoms. The van der Waals surface area contributed by atoms with E-state index in [1.807, 2.05) is 56.7 Å². The minimum absolute atomic E-state index is 0.106. The molecule has 6 aromatic rings. The second-order valence-corrected chi connectivity index (χ2v) is 17.4. The van der Waals surface area contributed by atoms with Crippen molar-refractivity contribution in [3.8, 4) is 34.6 Å². The maximum Gasteiger partial charge on any atom is 0.255 e. The highest BCUT2D eigenvalue weighted by molar-refractivity contribution is 6.08. The zero-order valence-corrected chi connectivity index (χ0v) is 35.3. The van der Waals surface area contributed by atoms with Crippen LogP contribution < -0.4 is 19.7 Å². The predicted molar refractivity (Wildman–Crippen MR) is 238 cm³/mol. The number of amides is 2. The molecule has 0 bridgehead atoms. The summed E-state index contributed by atoms with van der Waals surface area (Å²) in [6.45, 7) is 9.82. The lowest BCUT2D eigenvalue weighted by molar-refractivity contribution is -0.126. The summed E-state index contributed by atoms with van der Waals surface area (Å²) in [5.74, 6) is 7.42. The molecule has 1 atom stereocenters. The Bertz CT molecular complexity index is 2790. The standard InChI is InChI=1S/C50H49N7O5/c1-31-5-11-45(48(58)54-31)57-30-34-23-38(8-10-41(34)49(57)59)62-50(2,3)18-13-35-25-36(14-20-52-35)56-21-16-37(17-22-56)60-39-26-40(27-39)61-47-12-7-33(28-53-47)32-6-9-42-43-29-51-19-15-44(43)55(4)46(42)24-32/h6-10,12,14-15,19-20,23-25,28-29,37,39-40,45H,1,5,11,16-17,21-22,26-27,30H2,2-4H3,(H,54,58). The number of rotatable bonds is 9. The number of aromatic nitrogens is 4. The fourth-order valence-electron chi connectivity index (χ4n) is 9.19. The van der Waals surface area contributed by atoms with Crippen molar-refractivity contribution < 1.29 is 23.8 Å². The molecule has 2 amide bonds. The number of anilines is 1. The van der Waals surface area contributed by atoms with E-state index in [1.54, 1.807) is 23.2 Å². The van der Waals surface area contributed by atoms with Crippen LogP contribution in [0.25, 0.3) is 32.9 Å². The average molecular weight is 828 g/mol. The number of hydrogen-bond acceptors (Lipinski definition) is 9. The summed E-state index contributed by atoms with van der Waals surface area (Å²) in [4.78, 5) is 43.3. The van der Waals surface area contributed by atoms with Crippen LogP contribution in [0.1, 0.15) is 74.0 Å². The molecule has 2 aromatic carbocycles. The molecule has 0 radical (unpaired) electrons. The van der Waals surface area contributed by atoms with Crippen LogP contribution in [-0.4, -0.2) is 79.3 Å². The van der Waals surface area contributed by atoms with Crippen molar-refractivity contribution >= 4 is 39.3 Å². The van der Waals surface area contributed by atoms with E-state index in [9.17, 15) is 9.59 Å². The zero-order valence-electron chi connectivity index (χ0n) is 35.3. The zero-order chi connectivity index (χ0) is 42.5. The molecule has 3 fully saturated rings. The largest absolute Gasteiger partial charge is 0.475 e. The smallest absolute Gasteiger partial charge is 0.255 e. The Morgan fingerprint density at radius 2 is 1.68 bits per heavy atom. The van der Waals surface area contributed by atoms with Gasteiger partial charge in [-0.1, -0.05) is 18.7 Å². The number of nitrogens with one attached hydrogen (secondary N) is 1. The fraction of sp³-hybridized carbons (Fsp3) is 0.340. The molecule has 3 aliphatic heterocycles. The van der Waals surface area contributed by atoms with Gasteiger partial charge in [0.25, 0.3) is 5.91 Å². The maximum absolute atomic E-state index is 13.2. The van der Waals surface area contributed by atoms with Gasteiger partial charge in [0, 0.05) is 109 Å². The summed E-state index contributed by atoms with van der Waals surface area (Å²) in [5.41, 5.74) is 7.56. The summed E-state index contributed by atoms with van der Waals surface area (Å²) >= 11 is 0. The quantitative estimate of drug-likeness (QED) is 0.146. The van der Waals surface area contributed by atoms with Crippen LogP contribution in [0, 0.1) is 11.8 Å². The van der Waals surface area contributed by atoms with Crippen molar-refractivity contribution in [1.29, 1.82) is 0 Å². The normalized spacial score (nSPS) is 20.4. The monoisotopic (exact) mass is 827 g/mol. The summed E-state index contributed by atoms with van der Waals surface area (Å²) in [6, 6.07) is 21.6. The summed E-state index contributed by atoms with van der Waals surface area (Å²) in [7, 11) is 2.09. The van der Waals surface area contributed by atoms with Gasteiger partial charge in [0.2, 0.25) is 11.8 Å². The SMILES string of the molecule is C=C1CCC(N2Cc3cc(OC(C)(C)C#Cc4cc(N5CCC(OC6CC(Oc7ccc(-c8ccc9c%10cnccc%10n(C)c9c8)cn7)C6)CC5)ccn4)ccc3C2=O)C(=O)N1. The number of ether oxygens (including phenoxy) is 3. The lowest BCUT2D eigenvalue weighted by Crippen LogP contribution is -2.49. The van der Waals surface area contributed by atoms with E-state index in [4.69, 9.17) is 14.2 Å². The highest BCUT2D eigenvalue weighted by atomic mass is 16.5. The molecule has 314 valence electrons. The number of hydrogen-bond donors (Lipinski definition) is 1. The summed E-state index contributed by atoms with van der Waals surface area (Å²) in [6.07, 6.45) is 12.8. The third-order valence-electron chi connectivity index (χ3n) is 12.6.